The number of rotatable bonds is 2. The molecule has 0 fully saturated rings. The van der Waals surface area contributed by atoms with Gasteiger partial charge in [-0.15, -0.1) is 0 Å². The molecule has 0 heterocycles. The molecule has 60 valence electrons. The average molecular weight is 133 g/mol. The third-order valence-corrected chi connectivity index (χ3v) is 1.05. The third kappa shape index (κ3) is 18.0. The van der Waals surface area contributed by atoms with Gasteiger partial charge < -0.3 is 5.73 Å². The Hall–Kier alpha value is -0.0400. The molecule has 0 aliphatic rings. The molecular weight excluding hydrogens is 110 g/mol. The van der Waals surface area contributed by atoms with Crippen molar-refractivity contribution in [3.63, 3.8) is 0 Å². The molecule has 0 rings (SSSR count). The van der Waals surface area contributed by atoms with Crippen LogP contribution in [-0.2, 0) is 0 Å². The van der Waals surface area contributed by atoms with Gasteiger partial charge in [0.05, 0.1) is 0 Å². The normalized spacial score (nSPS) is 7.33. The van der Waals surface area contributed by atoms with Crippen molar-refractivity contribution in [1.82, 2.24) is 0 Å². The van der Waals surface area contributed by atoms with Crippen LogP contribution in [0.4, 0.5) is 0 Å². The minimum atomic E-state index is 0. The molecule has 0 aliphatic carbocycles. The molecule has 0 amide bonds. The molecule has 0 bridgehead atoms. The van der Waals surface area contributed by atoms with Crippen molar-refractivity contribution >= 4 is 0 Å². The van der Waals surface area contributed by atoms with E-state index in [1.807, 2.05) is 13.8 Å². The molecular formula is C8H23N. The van der Waals surface area contributed by atoms with Gasteiger partial charge in [-0.05, 0) is 12.8 Å². The zero-order chi connectivity index (χ0) is 6.99. The van der Waals surface area contributed by atoms with E-state index in [-0.39, 0.29) is 7.43 Å². The van der Waals surface area contributed by atoms with E-state index in [2.05, 4.69) is 13.8 Å². The highest BCUT2D eigenvalue weighted by Crippen LogP contribution is 1.88. The fourth-order valence-corrected chi connectivity index (χ4v) is 0.289. The highest BCUT2D eigenvalue weighted by atomic mass is 14.6. The second kappa shape index (κ2) is 15.7. The summed E-state index contributed by atoms with van der Waals surface area (Å²) in [5.41, 5.74) is 5.47. The van der Waals surface area contributed by atoms with Crippen LogP contribution in [0.15, 0.2) is 0 Å². The largest absolute Gasteiger partial charge is 0.328 e. The van der Waals surface area contributed by atoms with Crippen molar-refractivity contribution in [3.05, 3.63) is 0 Å². The predicted octanol–water partition coefficient (Wildman–Crippen LogP) is 2.80. The lowest BCUT2D eigenvalue weighted by atomic mass is 10.2. The van der Waals surface area contributed by atoms with Gasteiger partial charge in [-0.2, -0.15) is 0 Å². The van der Waals surface area contributed by atoms with Crippen molar-refractivity contribution in [3.8, 4) is 0 Å². The summed E-state index contributed by atoms with van der Waals surface area (Å²) in [6, 6.07) is 0.435. The summed E-state index contributed by atoms with van der Waals surface area (Å²) in [5, 5.41) is 0. The first-order chi connectivity index (χ1) is 3.81. The molecule has 0 aromatic carbocycles. The maximum atomic E-state index is 5.47. The molecule has 0 aliphatic heterocycles. The molecule has 0 saturated carbocycles. The monoisotopic (exact) mass is 133 g/mol. The summed E-state index contributed by atoms with van der Waals surface area (Å²) in [6.07, 6.45) is 2.22. The second-order valence-corrected chi connectivity index (χ2v) is 1.58. The minimum Gasteiger partial charge on any atom is -0.328 e. The van der Waals surface area contributed by atoms with Crippen LogP contribution in [0.3, 0.4) is 0 Å². The van der Waals surface area contributed by atoms with Gasteiger partial charge in [-0.3, -0.25) is 0 Å². The summed E-state index contributed by atoms with van der Waals surface area (Å²) >= 11 is 0. The van der Waals surface area contributed by atoms with Crippen LogP contribution in [0, 0.1) is 0 Å². The van der Waals surface area contributed by atoms with Gasteiger partial charge in [0.2, 0.25) is 0 Å². The van der Waals surface area contributed by atoms with Crippen LogP contribution in [0.5, 0.6) is 0 Å². The van der Waals surface area contributed by atoms with Gasteiger partial charge in [-0.25, -0.2) is 0 Å². The Morgan fingerprint density at radius 1 is 1.11 bits per heavy atom. The van der Waals surface area contributed by atoms with E-state index in [0.29, 0.717) is 6.04 Å². The standard InChI is InChI=1S/C5H13N.C2H6.CH4/c1-3-5(6)4-2;1-2;/h5H,3-4,6H2,1-2H3;1-2H3;1H4. The van der Waals surface area contributed by atoms with E-state index in [1.165, 1.54) is 0 Å². The highest BCUT2D eigenvalue weighted by molar-refractivity contribution is 4.51. The predicted molar refractivity (Wildman–Crippen MR) is 46.6 cm³/mol. The number of hydrogen-bond acceptors (Lipinski definition) is 1. The van der Waals surface area contributed by atoms with Crippen LogP contribution >= 0.6 is 0 Å². The number of hydrogen-bond donors (Lipinski definition) is 1. The van der Waals surface area contributed by atoms with Crippen molar-refractivity contribution in [2.45, 2.75) is 54.0 Å². The van der Waals surface area contributed by atoms with Crippen molar-refractivity contribution in [2.24, 2.45) is 5.73 Å². The van der Waals surface area contributed by atoms with Crippen molar-refractivity contribution < 1.29 is 0 Å². The number of nitrogens with two attached hydrogens (primary N) is 1. The smallest absolute Gasteiger partial charge is 0.00335 e. The van der Waals surface area contributed by atoms with Gasteiger partial charge in [-0.1, -0.05) is 35.1 Å². The lowest BCUT2D eigenvalue weighted by Crippen LogP contribution is -2.16. The molecule has 9 heavy (non-hydrogen) atoms. The maximum absolute atomic E-state index is 5.47. The van der Waals surface area contributed by atoms with Crippen LogP contribution in [0.2, 0.25) is 0 Å². The zero-order valence-corrected chi connectivity index (χ0v) is 6.57. The molecule has 0 spiro atoms. The fourth-order valence-electron chi connectivity index (χ4n) is 0.289. The molecule has 2 N–H and O–H groups in total. The first kappa shape index (κ1) is 16.0. The van der Waals surface area contributed by atoms with Gasteiger partial charge in [0, 0.05) is 6.04 Å². The van der Waals surface area contributed by atoms with E-state index >= 15 is 0 Å². The highest BCUT2D eigenvalue weighted by Gasteiger charge is 1.88. The van der Waals surface area contributed by atoms with Gasteiger partial charge in [0.1, 0.15) is 0 Å². The van der Waals surface area contributed by atoms with Crippen molar-refractivity contribution in [2.75, 3.05) is 0 Å². The first-order valence-corrected chi connectivity index (χ1v) is 3.56. The van der Waals surface area contributed by atoms with Crippen LogP contribution in [-0.4, -0.2) is 6.04 Å². The lowest BCUT2D eigenvalue weighted by Gasteiger charge is -1.99. The molecule has 0 aromatic rings. The fraction of sp³-hybridized carbons (Fsp3) is 1.00. The Morgan fingerprint density at radius 2 is 1.33 bits per heavy atom. The third-order valence-electron chi connectivity index (χ3n) is 1.05. The topological polar surface area (TPSA) is 26.0 Å². The van der Waals surface area contributed by atoms with E-state index in [9.17, 15) is 0 Å². The van der Waals surface area contributed by atoms with Gasteiger partial charge in [0.15, 0.2) is 0 Å². The molecule has 1 nitrogen and oxygen atoms in total. The molecule has 0 unspecified atom stereocenters. The van der Waals surface area contributed by atoms with E-state index in [4.69, 9.17) is 5.73 Å². The van der Waals surface area contributed by atoms with Crippen molar-refractivity contribution in [1.29, 1.82) is 0 Å². The average Bonchev–Trinajstić information content (AvgIpc) is 1.91. The molecule has 0 saturated heterocycles. The van der Waals surface area contributed by atoms with E-state index in [0.717, 1.165) is 12.8 Å². The summed E-state index contributed by atoms with van der Waals surface area (Å²) < 4.78 is 0. The molecule has 0 radical (unpaired) electrons. The lowest BCUT2D eigenvalue weighted by molar-refractivity contribution is 0.629. The Balaban J connectivity index is -0.000000109. The second-order valence-electron chi connectivity index (χ2n) is 1.58. The summed E-state index contributed by atoms with van der Waals surface area (Å²) in [7, 11) is 0. The SMILES string of the molecule is C.CC.CCC(N)CC. The molecule has 0 aromatic heterocycles. The Bertz CT molecular complexity index is 23.7. The summed E-state index contributed by atoms with van der Waals surface area (Å²) in [4.78, 5) is 0. The quantitative estimate of drug-likeness (QED) is 0.616. The summed E-state index contributed by atoms with van der Waals surface area (Å²) in [5.74, 6) is 0. The Labute approximate surface area is 60.6 Å². The molecule has 1 heteroatoms. The Kier molecular flexibility index (Phi) is 27.8. The zero-order valence-electron chi connectivity index (χ0n) is 6.57. The van der Waals surface area contributed by atoms with E-state index in [1.54, 1.807) is 0 Å². The van der Waals surface area contributed by atoms with Gasteiger partial charge in [0.25, 0.3) is 0 Å². The van der Waals surface area contributed by atoms with E-state index < -0.39 is 0 Å². The summed E-state index contributed by atoms with van der Waals surface area (Å²) in [6.45, 7) is 8.21. The van der Waals surface area contributed by atoms with Gasteiger partial charge >= 0.3 is 0 Å². The first-order valence-electron chi connectivity index (χ1n) is 3.56. The van der Waals surface area contributed by atoms with Crippen LogP contribution < -0.4 is 5.73 Å². The van der Waals surface area contributed by atoms with Crippen LogP contribution in [0.1, 0.15) is 48.0 Å². The van der Waals surface area contributed by atoms with Crippen LogP contribution in [0.25, 0.3) is 0 Å². The maximum Gasteiger partial charge on any atom is 0.00335 e. The minimum absolute atomic E-state index is 0. The molecule has 0 atom stereocenters. The Morgan fingerprint density at radius 3 is 1.33 bits per heavy atom.